The van der Waals surface area contributed by atoms with Crippen LogP contribution < -0.4 is 5.32 Å². The van der Waals surface area contributed by atoms with Crippen LogP contribution in [0, 0.1) is 5.92 Å². The van der Waals surface area contributed by atoms with Gasteiger partial charge in [-0.25, -0.2) is 0 Å². The summed E-state index contributed by atoms with van der Waals surface area (Å²) in [6, 6.07) is 7.74. The van der Waals surface area contributed by atoms with Crippen LogP contribution in [0.3, 0.4) is 0 Å². The molecule has 8 nitrogen and oxygen atoms in total. The van der Waals surface area contributed by atoms with Crippen LogP contribution in [0.4, 0.5) is 0 Å². The van der Waals surface area contributed by atoms with E-state index < -0.39 is 13.5 Å². The zero-order chi connectivity index (χ0) is 20.0. The molecule has 1 aliphatic carbocycles. The number of aliphatic hydroxyl groups excluding tert-OH is 1. The standard InChI is InChI=1S/C19H30N5O3P/c1-14(16-8-5-9-17(10-16)19-21-23-24-22-19)20-11-18(25)13-28(26,27)12-15-6-3-2-4-7-15/h5,8-10,14-15,18,20,25H,2-4,6-7,11-13H2,1H3,(H,26,27)(H,21,22,23,24)/t14?,18-/m1/s1. The van der Waals surface area contributed by atoms with Crippen LogP contribution in [0.15, 0.2) is 24.3 Å². The third kappa shape index (κ3) is 6.21. The van der Waals surface area contributed by atoms with E-state index in [0.29, 0.717) is 17.9 Å². The average molecular weight is 407 g/mol. The number of H-pyrrole nitrogens is 1. The number of nitrogens with one attached hydrogen (secondary N) is 2. The molecule has 1 aliphatic rings. The minimum atomic E-state index is -3.31. The van der Waals surface area contributed by atoms with E-state index in [1.807, 2.05) is 31.2 Å². The molecule has 9 heteroatoms. The normalized spacial score (nSPS) is 19.8. The molecule has 0 spiro atoms. The maximum atomic E-state index is 12.5. The molecule has 0 aliphatic heterocycles. The molecule has 1 heterocycles. The zero-order valence-electron chi connectivity index (χ0n) is 16.3. The van der Waals surface area contributed by atoms with Crippen molar-refractivity contribution in [2.45, 2.75) is 51.2 Å². The first-order chi connectivity index (χ1) is 13.4. The summed E-state index contributed by atoms with van der Waals surface area (Å²) in [6.07, 6.45) is 5.04. The SMILES string of the molecule is CC(NC[C@@H](O)CP(=O)(O)CC1CCCCC1)c1cccc(-c2nn[nH]n2)c1. The number of nitrogens with zero attached hydrogens (tertiary/aromatic N) is 3. The molecule has 3 rings (SSSR count). The molecular weight excluding hydrogens is 377 g/mol. The fourth-order valence-corrected chi connectivity index (χ4v) is 6.01. The molecule has 1 fully saturated rings. The Labute approximate surface area is 165 Å². The highest BCUT2D eigenvalue weighted by Crippen LogP contribution is 2.45. The quantitative estimate of drug-likeness (QED) is 0.471. The van der Waals surface area contributed by atoms with Crippen LogP contribution in [0.5, 0.6) is 0 Å². The molecule has 2 unspecified atom stereocenters. The van der Waals surface area contributed by atoms with E-state index in [9.17, 15) is 14.6 Å². The second-order valence-electron chi connectivity index (χ2n) is 7.86. The van der Waals surface area contributed by atoms with Gasteiger partial charge in [0.1, 0.15) is 0 Å². The Kier molecular flexibility index (Phi) is 7.35. The first kappa shape index (κ1) is 21.1. The Morgan fingerprint density at radius 3 is 2.82 bits per heavy atom. The molecule has 0 saturated heterocycles. The van der Waals surface area contributed by atoms with Crippen LogP contribution >= 0.6 is 7.37 Å². The Morgan fingerprint density at radius 2 is 2.11 bits per heavy atom. The van der Waals surface area contributed by atoms with E-state index in [1.165, 1.54) is 6.42 Å². The lowest BCUT2D eigenvalue weighted by atomic mass is 9.91. The van der Waals surface area contributed by atoms with Gasteiger partial charge in [0.05, 0.1) is 12.3 Å². The number of aromatic amines is 1. The van der Waals surface area contributed by atoms with Crippen LogP contribution in [0.2, 0.25) is 0 Å². The van der Waals surface area contributed by atoms with Crippen molar-refractivity contribution in [3.8, 4) is 11.4 Å². The van der Waals surface area contributed by atoms with E-state index in [2.05, 4.69) is 25.9 Å². The van der Waals surface area contributed by atoms with Gasteiger partial charge >= 0.3 is 0 Å². The summed E-state index contributed by atoms with van der Waals surface area (Å²) in [4.78, 5) is 10.3. The fourth-order valence-electron chi connectivity index (χ4n) is 3.90. The van der Waals surface area contributed by atoms with Crippen molar-refractivity contribution in [1.29, 1.82) is 0 Å². The summed E-state index contributed by atoms with van der Waals surface area (Å²) in [5.41, 5.74) is 1.87. The lowest BCUT2D eigenvalue weighted by molar-refractivity contribution is 0.186. The molecule has 28 heavy (non-hydrogen) atoms. The number of benzene rings is 1. The van der Waals surface area contributed by atoms with E-state index in [-0.39, 0.29) is 18.7 Å². The number of hydrogen-bond acceptors (Lipinski definition) is 6. The third-order valence-corrected chi connectivity index (χ3v) is 7.49. The fraction of sp³-hybridized carbons (Fsp3) is 0.632. The Morgan fingerprint density at radius 1 is 1.32 bits per heavy atom. The van der Waals surface area contributed by atoms with Crippen molar-refractivity contribution in [1.82, 2.24) is 25.9 Å². The zero-order valence-corrected chi connectivity index (χ0v) is 17.2. The van der Waals surface area contributed by atoms with Crippen molar-refractivity contribution in [2.24, 2.45) is 5.92 Å². The van der Waals surface area contributed by atoms with Crippen LogP contribution in [0.1, 0.15) is 50.6 Å². The number of aromatic nitrogens is 4. The Hall–Kier alpha value is -1.60. The van der Waals surface area contributed by atoms with Gasteiger partial charge in [-0.05, 0) is 42.5 Å². The third-order valence-electron chi connectivity index (χ3n) is 5.41. The molecule has 1 aromatic carbocycles. The Bertz CT molecular complexity index is 780. The molecule has 4 N–H and O–H groups in total. The van der Waals surface area contributed by atoms with Gasteiger partial charge in [0.15, 0.2) is 0 Å². The minimum Gasteiger partial charge on any atom is -0.391 e. The molecule has 0 bridgehead atoms. The van der Waals surface area contributed by atoms with Gasteiger partial charge in [0.25, 0.3) is 0 Å². The minimum absolute atomic E-state index is 0.0297. The Balaban J connectivity index is 1.49. The average Bonchev–Trinajstić information content (AvgIpc) is 3.21. The van der Waals surface area contributed by atoms with Gasteiger partial charge in [-0.2, -0.15) is 5.21 Å². The van der Waals surface area contributed by atoms with Crippen LogP contribution in [0.25, 0.3) is 11.4 Å². The highest BCUT2D eigenvalue weighted by molar-refractivity contribution is 7.58. The first-order valence-corrected chi connectivity index (χ1v) is 12.0. The van der Waals surface area contributed by atoms with E-state index >= 15 is 0 Å². The topological polar surface area (TPSA) is 124 Å². The lowest BCUT2D eigenvalue weighted by Crippen LogP contribution is -2.32. The monoisotopic (exact) mass is 407 g/mol. The van der Waals surface area contributed by atoms with Gasteiger partial charge < -0.3 is 15.3 Å². The van der Waals surface area contributed by atoms with Crippen LogP contribution in [-0.2, 0) is 4.57 Å². The molecule has 1 aromatic heterocycles. The first-order valence-electron chi connectivity index (χ1n) is 9.99. The van der Waals surface area contributed by atoms with Gasteiger partial charge in [-0.1, -0.05) is 37.5 Å². The number of hydrogen-bond donors (Lipinski definition) is 4. The number of tetrazole rings is 1. The molecule has 0 radical (unpaired) electrons. The number of aliphatic hydroxyl groups is 1. The van der Waals surface area contributed by atoms with Crippen molar-refractivity contribution >= 4 is 7.37 Å². The summed E-state index contributed by atoms with van der Waals surface area (Å²) < 4.78 is 12.5. The summed E-state index contributed by atoms with van der Waals surface area (Å²) in [5.74, 6) is 0.856. The van der Waals surface area contributed by atoms with Gasteiger partial charge in [0.2, 0.25) is 13.2 Å². The molecule has 3 atom stereocenters. The summed E-state index contributed by atoms with van der Waals surface area (Å²) in [5, 5.41) is 27.5. The predicted molar refractivity (Wildman–Crippen MR) is 108 cm³/mol. The summed E-state index contributed by atoms with van der Waals surface area (Å²) in [7, 11) is -3.31. The predicted octanol–water partition coefficient (Wildman–Crippen LogP) is 2.73. The van der Waals surface area contributed by atoms with Crippen molar-refractivity contribution in [2.75, 3.05) is 18.9 Å². The van der Waals surface area contributed by atoms with Crippen molar-refractivity contribution in [3.05, 3.63) is 29.8 Å². The van der Waals surface area contributed by atoms with E-state index in [4.69, 9.17) is 0 Å². The molecule has 154 valence electrons. The van der Waals surface area contributed by atoms with Gasteiger partial charge in [-0.3, -0.25) is 4.57 Å². The highest BCUT2D eigenvalue weighted by atomic mass is 31.2. The second-order valence-corrected chi connectivity index (χ2v) is 10.3. The van der Waals surface area contributed by atoms with Gasteiger partial charge in [-0.15, -0.1) is 10.2 Å². The van der Waals surface area contributed by atoms with Gasteiger partial charge in [0, 0.05) is 24.3 Å². The van der Waals surface area contributed by atoms with Crippen molar-refractivity contribution < 1.29 is 14.6 Å². The summed E-state index contributed by atoms with van der Waals surface area (Å²) >= 11 is 0. The van der Waals surface area contributed by atoms with Crippen LogP contribution in [-0.4, -0.2) is 55.6 Å². The van der Waals surface area contributed by atoms with E-state index in [0.717, 1.165) is 36.8 Å². The molecule has 2 aromatic rings. The maximum Gasteiger partial charge on any atom is 0.204 e. The lowest BCUT2D eigenvalue weighted by Gasteiger charge is -2.25. The molecule has 1 saturated carbocycles. The molecule has 0 amide bonds. The second kappa shape index (κ2) is 9.74. The smallest absolute Gasteiger partial charge is 0.204 e. The largest absolute Gasteiger partial charge is 0.391 e. The summed E-state index contributed by atoms with van der Waals surface area (Å²) in [6.45, 7) is 2.26. The number of rotatable bonds is 9. The van der Waals surface area contributed by atoms with Crippen molar-refractivity contribution in [3.63, 3.8) is 0 Å². The molecular formula is C19H30N5O3P. The van der Waals surface area contributed by atoms with E-state index in [1.54, 1.807) is 0 Å². The maximum absolute atomic E-state index is 12.5. The highest BCUT2D eigenvalue weighted by Gasteiger charge is 2.28.